The Morgan fingerprint density at radius 2 is 1.80 bits per heavy atom. The summed E-state index contributed by atoms with van der Waals surface area (Å²) < 4.78 is 0. The van der Waals surface area contributed by atoms with Crippen molar-refractivity contribution in [1.29, 1.82) is 0 Å². The lowest BCUT2D eigenvalue weighted by molar-refractivity contribution is -0.125. The summed E-state index contributed by atoms with van der Waals surface area (Å²) in [6.45, 7) is 9.64. The molecule has 0 atom stereocenters. The van der Waals surface area contributed by atoms with Crippen molar-refractivity contribution in [1.82, 2.24) is 4.90 Å². The van der Waals surface area contributed by atoms with Crippen molar-refractivity contribution in [2.45, 2.75) is 52.9 Å². The fraction of sp³-hybridized carbons (Fsp3) is 0.923. The monoisotopic (exact) mass is 211 g/mol. The van der Waals surface area contributed by atoms with Gasteiger partial charge in [-0.2, -0.15) is 0 Å². The predicted octanol–water partition coefficient (Wildman–Crippen LogP) is 2.87. The van der Waals surface area contributed by atoms with Gasteiger partial charge in [-0.15, -0.1) is 0 Å². The number of rotatable bonds is 6. The summed E-state index contributed by atoms with van der Waals surface area (Å²) in [6, 6.07) is 0. The summed E-state index contributed by atoms with van der Waals surface area (Å²) in [5.41, 5.74) is -0.106. The van der Waals surface area contributed by atoms with Gasteiger partial charge in [0, 0.05) is 5.41 Å². The van der Waals surface area contributed by atoms with E-state index in [1.807, 2.05) is 0 Å². The lowest BCUT2D eigenvalue weighted by atomic mass is 9.83. The van der Waals surface area contributed by atoms with Gasteiger partial charge in [0.05, 0.1) is 0 Å². The Bertz CT molecular complexity index is 205. The molecule has 0 radical (unpaired) electrons. The van der Waals surface area contributed by atoms with Gasteiger partial charge in [0.1, 0.15) is 5.78 Å². The van der Waals surface area contributed by atoms with E-state index in [9.17, 15) is 4.79 Å². The molecule has 0 aromatic carbocycles. The summed E-state index contributed by atoms with van der Waals surface area (Å²) in [5.74, 6) is 0.323. The van der Waals surface area contributed by atoms with E-state index in [4.69, 9.17) is 0 Å². The van der Waals surface area contributed by atoms with Gasteiger partial charge in [-0.25, -0.2) is 0 Å². The number of unbranched alkanes of at least 4 members (excludes halogenated alkanes) is 1. The number of likely N-dealkylation sites (tertiary alicyclic amines) is 1. The molecule has 1 saturated heterocycles. The van der Waals surface area contributed by atoms with Crippen molar-refractivity contribution < 1.29 is 4.79 Å². The van der Waals surface area contributed by atoms with Crippen molar-refractivity contribution in [3.05, 3.63) is 0 Å². The first-order valence-electron chi connectivity index (χ1n) is 6.26. The molecule has 0 aliphatic carbocycles. The maximum Gasteiger partial charge on any atom is 0.135 e. The first-order chi connectivity index (χ1) is 7.02. The predicted molar refractivity (Wildman–Crippen MR) is 64.0 cm³/mol. The van der Waals surface area contributed by atoms with E-state index in [0.29, 0.717) is 5.78 Å². The molecular formula is C13H25NO. The average molecular weight is 211 g/mol. The average Bonchev–Trinajstić information content (AvgIpc) is 2.64. The van der Waals surface area contributed by atoms with Crippen LogP contribution in [0.2, 0.25) is 0 Å². The normalized spacial score (nSPS) is 18.3. The van der Waals surface area contributed by atoms with Crippen LogP contribution in [0.25, 0.3) is 0 Å². The SMILES string of the molecule is CC(=O)C(C)(C)CCCCN1CCCC1. The van der Waals surface area contributed by atoms with Gasteiger partial charge in [-0.3, -0.25) is 4.79 Å². The van der Waals surface area contributed by atoms with E-state index < -0.39 is 0 Å². The Hall–Kier alpha value is -0.370. The molecule has 1 rings (SSSR count). The molecule has 0 bridgehead atoms. The summed E-state index contributed by atoms with van der Waals surface area (Å²) in [7, 11) is 0. The van der Waals surface area contributed by atoms with E-state index >= 15 is 0 Å². The topological polar surface area (TPSA) is 20.3 Å². The smallest absolute Gasteiger partial charge is 0.135 e. The standard InChI is InChI=1S/C13H25NO/c1-12(15)13(2,3)8-4-5-9-14-10-6-7-11-14/h4-11H2,1-3H3. The van der Waals surface area contributed by atoms with Gasteiger partial charge in [-0.05, 0) is 52.2 Å². The number of Topliss-reactive ketones (excluding diaryl/α,β-unsaturated/α-hetero) is 1. The number of carbonyl (C=O) groups excluding carboxylic acids is 1. The number of carbonyl (C=O) groups is 1. The third-order valence-electron chi connectivity index (χ3n) is 3.68. The number of nitrogens with zero attached hydrogens (tertiary/aromatic N) is 1. The molecule has 0 aromatic heterocycles. The van der Waals surface area contributed by atoms with Crippen LogP contribution >= 0.6 is 0 Å². The Kier molecular flexibility index (Phi) is 4.78. The highest BCUT2D eigenvalue weighted by Crippen LogP contribution is 2.24. The Morgan fingerprint density at radius 3 is 2.33 bits per heavy atom. The number of hydrogen-bond donors (Lipinski definition) is 0. The third-order valence-corrected chi connectivity index (χ3v) is 3.68. The largest absolute Gasteiger partial charge is 0.303 e. The van der Waals surface area contributed by atoms with Crippen LogP contribution in [-0.2, 0) is 4.79 Å². The van der Waals surface area contributed by atoms with Crippen LogP contribution in [0.15, 0.2) is 0 Å². The molecule has 2 nitrogen and oxygen atoms in total. The van der Waals surface area contributed by atoms with Crippen LogP contribution in [0.5, 0.6) is 0 Å². The van der Waals surface area contributed by atoms with Crippen LogP contribution in [0, 0.1) is 5.41 Å². The minimum atomic E-state index is -0.106. The highest BCUT2D eigenvalue weighted by molar-refractivity contribution is 5.81. The van der Waals surface area contributed by atoms with Gasteiger partial charge in [0.25, 0.3) is 0 Å². The van der Waals surface area contributed by atoms with E-state index in [1.54, 1.807) is 6.92 Å². The highest BCUT2D eigenvalue weighted by atomic mass is 16.1. The minimum Gasteiger partial charge on any atom is -0.303 e. The zero-order valence-corrected chi connectivity index (χ0v) is 10.5. The maximum atomic E-state index is 11.3. The molecule has 0 aromatic rings. The molecule has 1 aliphatic rings. The van der Waals surface area contributed by atoms with Gasteiger partial charge in [0.2, 0.25) is 0 Å². The molecule has 15 heavy (non-hydrogen) atoms. The molecule has 1 fully saturated rings. The fourth-order valence-corrected chi connectivity index (χ4v) is 2.08. The number of hydrogen-bond acceptors (Lipinski definition) is 2. The van der Waals surface area contributed by atoms with E-state index in [0.717, 1.165) is 6.42 Å². The Morgan fingerprint density at radius 1 is 1.20 bits per heavy atom. The molecule has 2 heteroatoms. The first-order valence-corrected chi connectivity index (χ1v) is 6.26. The molecule has 0 amide bonds. The summed E-state index contributed by atoms with van der Waals surface area (Å²) in [5, 5.41) is 0. The van der Waals surface area contributed by atoms with Crippen LogP contribution in [0.3, 0.4) is 0 Å². The first kappa shape index (κ1) is 12.7. The molecular weight excluding hydrogens is 186 g/mol. The molecule has 1 heterocycles. The van der Waals surface area contributed by atoms with Crippen LogP contribution in [0.4, 0.5) is 0 Å². The van der Waals surface area contributed by atoms with Crippen LogP contribution < -0.4 is 0 Å². The van der Waals surface area contributed by atoms with Gasteiger partial charge >= 0.3 is 0 Å². The molecule has 0 unspecified atom stereocenters. The zero-order valence-electron chi connectivity index (χ0n) is 10.5. The molecule has 0 spiro atoms. The zero-order chi connectivity index (χ0) is 11.3. The quantitative estimate of drug-likeness (QED) is 0.630. The second-order valence-corrected chi connectivity index (χ2v) is 5.45. The maximum absolute atomic E-state index is 11.3. The second kappa shape index (κ2) is 5.64. The van der Waals surface area contributed by atoms with Gasteiger partial charge < -0.3 is 4.90 Å². The summed E-state index contributed by atoms with van der Waals surface area (Å²) in [4.78, 5) is 13.8. The number of ketones is 1. The summed E-state index contributed by atoms with van der Waals surface area (Å²) >= 11 is 0. The lowest BCUT2D eigenvalue weighted by Gasteiger charge is -2.21. The third kappa shape index (κ3) is 4.33. The van der Waals surface area contributed by atoms with E-state index in [1.165, 1.54) is 45.3 Å². The molecule has 1 aliphatic heterocycles. The van der Waals surface area contributed by atoms with Gasteiger partial charge in [0.15, 0.2) is 0 Å². The van der Waals surface area contributed by atoms with Crippen molar-refractivity contribution in [2.24, 2.45) is 5.41 Å². The molecule has 0 saturated carbocycles. The van der Waals surface area contributed by atoms with Crippen LogP contribution in [-0.4, -0.2) is 30.3 Å². The van der Waals surface area contributed by atoms with Crippen molar-refractivity contribution >= 4 is 5.78 Å². The van der Waals surface area contributed by atoms with Gasteiger partial charge in [-0.1, -0.05) is 20.3 Å². The Balaban J connectivity index is 2.08. The van der Waals surface area contributed by atoms with Crippen molar-refractivity contribution in [2.75, 3.05) is 19.6 Å². The Labute approximate surface area is 94.0 Å². The minimum absolute atomic E-state index is 0.106. The van der Waals surface area contributed by atoms with E-state index in [2.05, 4.69) is 18.7 Å². The van der Waals surface area contributed by atoms with Crippen LogP contribution in [0.1, 0.15) is 52.9 Å². The van der Waals surface area contributed by atoms with E-state index in [-0.39, 0.29) is 5.41 Å². The highest BCUT2D eigenvalue weighted by Gasteiger charge is 2.22. The molecule has 0 N–H and O–H groups in total. The fourth-order valence-electron chi connectivity index (χ4n) is 2.08. The second-order valence-electron chi connectivity index (χ2n) is 5.45. The lowest BCUT2D eigenvalue weighted by Crippen LogP contribution is -2.23. The van der Waals surface area contributed by atoms with Crippen molar-refractivity contribution in [3.8, 4) is 0 Å². The van der Waals surface area contributed by atoms with Crippen molar-refractivity contribution in [3.63, 3.8) is 0 Å². The summed E-state index contributed by atoms with van der Waals surface area (Å²) in [6.07, 6.45) is 6.22. The molecule has 88 valence electrons.